The topological polar surface area (TPSA) is 79.2 Å². The zero-order valence-electron chi connectivity index (χ0n) is 13.7. The molecule has 0 bridgehead atoms. The molecule has 0 saturated carbocycles. The van der Waals surface area contributed by atoms with Crippen molar-refractivity contribution < 1.29 is 14.3 Å². The monoisotopic (exact) mass is 302 g/mol. The van der Waals surface area contributed by atoms with Gasteiger partial charge in [0.25, 0.3) is 5.91 Å². The van der Waals surface area contributed by atoms with Gasteiger partial charge in [-0.3, -0.25) is 4.79 Å². The molecule has 0 aliphatic rings. The minimum Gasteiger partial charge on any atom is -0.452 e. The minimum absolute atomic E-state index is 0.0588. The molecule has 1 amide bonds. The number of amides is 1. The second-order valence-electron chi connectivity index (χ2n) is 5.91. The Morgan fingerprint density at radius 2 is 2.00 bits per heavy atom. The molecule has 0 aromatic heterocycles. The van der Waals surface area contributed by atoms with Crippen LogP contribution in [0.3, 0.4) is 0 Å². The largest absolute Gasteiger partial charge is 0.452 e. The molecule has 0 heterocycles. The maximum absolute atomic E-state index is 12.0. The Balaban J connectivity index is 2.65. The summed E-state index contributed by atoms with van der Waals surface area (Å²) in [5.41, 5.74) is 1.30. The Kier molecular flexibility index (Phi) is 5.69. The highest BCUT2D eigenvalue weighted by Crippen LogP contribution is 2.15. The van der Waals surface area contributed by atoms with Gasteiger partial charge < -0.3 is 10.1 Å². The first-order valence-electron chi connectivity index (χ1n) is 7.16. The number of carbonyl (C=O) groups excluding carboxylic acids is 2. The third-order valence-electron chi connectivity index (χ3n) is 3.72. The highest BCUT2D eigenvalue weighted by Gasteiger charge is 2.30. The van der Waals surface area contributed by atoms with Gasteiger partial charge in [-0.2, -0.15) is 5.26 Å². The van der Waals surface area contributed by atoms with Crippen molar-refractivity contribution in [2.24, 2.45) is 5.92 Å². The van der Waals surface area contributed by atoms with Gasteiger partial charge in [0.2, 0.25) is 0 Å². The van der Waals surface area contributed by atoms with Crippen LogP contribution in [0, 0.1) is 31.1 Å². The van der Waals surface area contributed by atoms with E-state index in [1.165, 1.54) is 0 Å². The van der Waals surface area contributed by atoms with Gasteiger partial charge in [0.05, 0.1) is 11.6 Å². The lowest BCUT2D eigenvalue weighted by molar-refractivity contribution is -0.125. The van der Waals surface area contributed by atoms with E-state index in [2.05, 4.69) is 11.4 Å². The Morgan fingerprint density at radius 3 is 2.50 bits per heavy atom. The number of hydrogen-bond acceptors (Lipinski definition) is 4. The first kappa shape index (κ1) is 17.7. The van der Waals surface area contributed by atoms with Gasteiger partial charge in [0.15, 0.2) is 6.61 Å². The molecule has 1 rings (SSSR count). The van der Waals surface area contributed by atoms with E-state index in [9.17, 15) is 9.59 Å². The summed E-state index contributed by atoms with van der Waals surface area (Å²) in [6.07, 6.45) is 0. The molecule has 0 aliphatic carbocycles. The Hall–Kier alpha value is -2.35. The van der Waals surface area contributed by atoms with E-state index in [1.807, 2.05) is 39.8 Å². The zero-order chi connectivity index (χ0) is 16.9. The highest BCUT2D eigenvalue weighted by atomic mass is 16.5. The fraction of sp³-hybridized carbons (Fsp3) is 0.471. The van der Waals surface area contributed by atoms with E-state index in [4.69, 9.17) is 10.00 Å². The van der Waals surface area contributed by atoms with Crippen LogP contribution >= 0.6 is 0 Å². The molecule has 1 aromatic carbocycles. The van der Waals surface area contributed by atoms with Crippen molar-refractivity contribution in [3.05, 3.63) is 34.9 Å². The third-order valence-corrected chi connectivity index (χ3v) is 3.72. The van der Waals surface area contributed by atoms with E-state index in [0.717, 1.165) is 11.1 Å². The fourth-order valence-corrected chi connectivity index (χ4v) is 1.88. The molecule has 0 saturated heterocycles. The van der Waals surface area contributed by atoms with E-state index < -0.39 is 24.0 Å². The summed E-state index contributed by atoms with van der Waals surface area (Å²) in [7, 11) is 0. The van der Waals surface area contributed by atoms with E-state index >= 15 is 0 Å². The van der Waals surface area contributed by atoms with Gasteiger partial charge in [-0.25, -0.2) is 4.79 Å². The summed E-state index contributed by atoms with van der Waals surface area (Å²) in [4.78, 5) is 23.8. The van der Waals surface area contributed by atoms with E-state index in [1.54, 1.807) is 13.0 Å². The number of rotatable bonds is 5. The van der Waals surface area contributed by atoms with Crippen LogP contribution in [-0.2, 0) is 9.53 Å². The van der Waals surface area contributed by atoms with Crippen LogP contribution in [0.4, 0.5) is 0 Å². The number of nitrogens with one attached hydrogen (secondary N) is 1. The second-order valence-corrected chi connectivity index (χ2v) is 5.91. The van der Waals surface area contributed by atoms with Gasteiger partial charge >= 0.3 is 5.97 Å². The average molecular weight is 302 g/mol. The highest BCUT2D eigenvalue weighted by molar-refractivity contribution is 5.92. The van der Waals surface area contributed by atoms with Gasteiger partial charge in [0.1, 0.15) is 5.54 Å². The predicted molar refractivity (Wildman–Crippen MR) is 83.2 cm³/mol. The summed E-state index contributed by atoms with van der Waals surface area (Å²) in [5, 5.41) is 11.7. The average Bonchev–Trinajstić information content (AvgIpc) is 2.44. The fourth-order valence-electron chi connectivity index (χ4n) is 1.88. The number of hydrogen-bond donors (Lipinski definition) is 1. The summed E-state index contributed by atoms with van der Waals surface area (Å²) in [5.74, 6) is -1.09. The molecule has 22 heavy (non-hydrogen) atoms. The van der Waals surface area contributed by atoms with Crippen LogP contribution in [0.5, 0.6) is 0 Å². The van der Waals surface area contributed by atoms with E-state index in [0.29, 0.717) is 5.56 Å². The van der Waals surface area contributed by atoms with Gasteiger partial charge in [0, 0.05) is 0 Å². The summed E-state index contributed by atoms with van der Waals surface area (Å²) >= 11 is 0. The Morgan fingerprint density at radius 1 is 1.36 bits per heavy atom. The summed E-state index contributed by atoms with van der Waals surface area (Å²) in [6.45, 7) is 8.66. The zero-order valence-corrected chi connectivity index (χ0v) is 13.7. The molecule has 118 valence electrons. The molecular weight excluding hydrogens is 280 g/mol. The number of carbonyl (C=O) groups is 2. The molecule has 5 nitrogen and oxygen atoms in total. The third kappa shape index (κ3) is 4.32. The number of benzene rings is 1. The predicted octanol–water partition coefficient (Wildman–Crippen LogP) is 2.51. The number of ether oxygens (including phenoxy) is 1. The maximum Gasteiger partial charge on any atom is 0.338 e. The molecule has 5 heteroatoms. The number of nitrogens with zero attached hydrogens (tertiary/aromatic N) is 1. The Bertz CT molecular complexity index is 617. The minimum atomic E-state index is -0.983. The van der Waals surface area contributed by atoms with Crippen molar-refractivity contribution in [2.75, 3.05) is 6.61 Å². The first-order valence-corrected chi connectivity index (χ1v) is 7.16. The maximum atomic E-state index is 12.0. The van der Waals surface area contributed by atoms with Crippen LogP contribution < -0.4 is 5.32 Å². The van der Waals surface area contributed by atoms with Gasteiger partial charge in [-0.15, -0.1) is 0 Å². The molecule has 0 aliphatic heterocycles. The molecule has 1 aromatic rings. The summed E-state index contributed by atoms with van der Waals surface area (Å²) in [6, 6.07) is 7.44. The molecule has 0 unspecified atom stereocenters. The van der Waals surface area contributed by atoms with Crippen molar-refractivity contribution in [1.82, 2.24) is 5.32 Å². The van der Waals surface area contributed by atoms with Crippen molar-refractivity contribution >= 4 is 11.9 Å². The lowest BCUT2D eigenvalue weighted by Crippen LogP contribution is -2.50. The van der Waals surface area contributed by atoms with Crippen molar-refractivity contribution in [1.29, 1.82) is 5.26 Å². The molecule has 0 fully saturated rings. The van der Waals surface area contributed by atoms with Crippen LogP contribution in [-0.4, -0.2) is 24.0 Å². The van der Waals surface area contributed by atoms with Crippen LogP contribution in [0.15, 0.2) is 18.2 Å². The van der Waals surface area contributed by atoms with Crippen LogP contribution in [0.25, 0.3) is 0 Å². The van der Waals surface area contributed by atoms with Crippen molar-refractivity contribution in [3.8, 4) is 6.07 Å². The van der Waals surface area contributed by atoms with Crippen LogP contribution in [0.2, 0.25) is 0 Å². The van der Waals surface area contributed by atoms with Crippen molar-refractivity contribution in [3.63, 3.8) is 0 Å². The quantitative estimate of drug-likeness (QED) is 0.848. The Labute approximate surface area is 131 Å². The standard InChI is InChI=1S/C17H22N2O3/c1-11(2)17(5,10-18)19-15(20)9-22-16(21)14-7-6-12(3)8-13(14)4/h6-8,11H,9H2,1-5H3,(H,19,20)/t17-/m0/s1. The molecule has 1 atom stereocenters. The SMILES string of the molecule is Cc1ccc(C(=O)OCC(=O)N[C@@](C)(C#N)C(C)C)c(C)c1. The molecule has 1 N–H and O–H groups in total. The smallest absolute Gasteiger partial charge is 0.338 e. The molecular formula is C17H22N2O3. The van der Waals surface area contributed by atoms with Crippen LogP contribution in [0.1, 0.15) is 42.3 Å². The van der Waals surface area contributed by atoms with E-state index in [-0.39, 0.29) is 5.92 Å². The number of aryl methyl sites for hydroxylation is 2. The van der Waals surface area contributed by atoms with Gasteiger partial charge in [-0.1, -0.05) is 31.5 Å². The number of nitriles is 1. The van der Waals surface area contributed by atoms with Gasteiger partial charge in [-0.05, 0) is 38.3 Å². The normalized spacial score (nSPS) is 13.1. The molecule has 0 spiro atoms. The lowest BCUT2D eigenvalue weighted by Gasteiger charge is -2.27. The first-order chi connectivity index (χ1) is 10.2. The lowest BCUT2D eigenvalue weighted by atomic mass is 9.90. The second kappa shape index (κ2) is 7.08. The summed E-state index contributed by atoms with van der Waals surface area (Å²) < 4.78 is 5.02. The number of esters is 1. The van der Waals surface area contributed by atoms with Crippen molar-refractivity contribution in [2.45, 2.75) is 40.2 Å². The molecule has 0 radical (unpaired) electrons.